The van der Waals surface area contributed by atoms with Gasteiger partial charge in [0.2, 0.25) is 5.91 Å². The summed E-state index contributed by atoms with van der Waals surface area (Å²) in [6.07, 6.45) is 0.134. The lowest BCUT2D eigenvalue weighted by Gasteiger charge is -2.13. The van der Waals surface area contributed by atoms with Crippen molar-refractivity contribution < 1.29 is 19.1 Å². The molecule has 6 nitrogen and oxygen atoms in total. The van der Waals surface area contributed by atoms with Gasteiger partial charge in [-0.2, -0.15) is 0 Å². The summed E-state index contributed by atoms with van der Waals surface area (Å²) >= 11 is 0. The Hall–Kier alpha value is -2.24. The van der Waals surface area contributed by atoms with E-state index >= 15 is 0 Å². The number of nitrogens with two attached hydrogens (primary N) is 1. The fraction of sp³-hybridized carbons (Fsp3) is 0.429. The molecule has 1 aromatic carbocycles. The second-order valence-electron chi connectivity index (χ2n) is 4.33. The summed E-state index contributed by atoms with van der Waals surface area (Å²) < 4.78 is 10.4. The average molecular weight is 280 g/mol. The standard InChI is InChI=1S/C14H20N2O4/c1-4-19-11-7-5-6-10(15)13(11)14(18)20-9-8-12(17)16(2)3/h5-7H,4,8-9,15H2,1-3H3. The van der Waals surface area contributed by atoms with Crippen LogP contribution in [0.25, 0.3) is 0 Å². The molecule has 20 heavy (non-hydrogen) atoms. The number of benzene rings is 1. The van der Waals surface area contributed by atoms with Crippen molar-refractivity contribution in [3.05, 3.63) is 23.8 Å². The summed E-state index contributed by atoms with van der Waals surface area (Å²) in [6, 6.07) is 4.96. The van der Waals surface area contributed by atoms with Crippen LogP contribution < -0.4 is 10.5 Å². The molecule has 0 saturated heterocycles. The van der Waals surface area contributed by atoms with Gasteiger partial charge in [-0.15, -0.1) is 0 Å². The number of hydrogen-bond acceptors (Lipinski definition) is 5. The van der Waals surface area contributed by atoms with Crippen molar-refractivity contribution in [2.45, 2.75) is 13.3 Å². The fourth-order valence-corrected chi connectivity index (χ4v) is 1.57. The molecule has 0 spiro atoms. The molecule has 1 aromatic rings. The molecule has 0 unspecified atom stereocenters. The van der Waals surface area contributed by atoms with Crippen molar-refractivity contribution in [2.75, 3.05) is 33.0 Å². The number of amides is 1. The molecule has 6 heteroatoms. The van der Waals surface area contributed by atoms with Crippen molar-refractivity contribution in [2.24, 2.45) is 0 Å². The monoisotopic (exact) mass is 280 g/mol. The normalized spacial score (nSPS) is 9.95. The summed E-state index contributed by atoms with van der Waals surface area (Å²) in [7, 11) is 3.29. The van der Waals surface area contributed by atoms with Crippen LogP contribution in [-0.4, -0.2) is 44.1 Å². The Bertz CT molecular complexity index is 486. The molecule has 0 aromatic heterocycles. The SMILES string of the molecule is CCOc1cccc(N)c1C(=O)OCCC(=O)N(C)C. The third-order valence-electron chi connectivity index (χ3n) is 2.61. The highest BCUT2D eigenvalue weighted by molar-refractivity contribution is 5.98. The highest BCUT2D eigenvalue weighted by Crippen LogP contribution is 2.25. The Morgan fingerprint density at radius 2 is 2.00 bits per heavy atom. The second kappa shape index (κ2) is 7.37. The first-order valence-electron chi connectivity index (χ1n) is 6.36. The molecule has 0 aliphatic rings. The molecule has 0 bridgehead atoms. The molecular weight excluding hydrogens is 260 g/mol. The Kier molecular flexibility index (Phi) is 5.83. The highest BCUT2D eigenvalue weighted by atomic mass is 16.5. The molecular formula is C14H20N2O4. The quantitative estimate of drug-likeness (QED) is 0.627. The largest absolute Gasteiger partial charge is 0.493 e. The average Bonchev–Trinajstić information content (AvgIpc) is 2.38. The van der Waals surface area contributed by atoms with Crippen LogP contribution in [0, 0.1) is 0 Å². The number of nitrogens with zero attached hydrogens (tertiary/aromatic N) is 1. The zero-order valence-electron chi connectivity index (χ0n) is 12.0. The van der Waals surface area contributed by atoms with Crippen LogP contribution in [0.1, 0.15) is 23.7 Å². The Morgan fingerprint density at radius 3 is 2.60 bits per heavy atom. The maximum Gasteiger partial charge on any atom is 0.344 e. The van der Waals surface area contributed by atoms with E-state index in [1.165, 1.54) is 4.90 Å². The lowest BCUT2D eigenvalue weighted by Crippen LogP contribution is -2.23. The van der Waals surface area contributed by atoms with Gasteiger partial charge in [-0.25, -0.2) is 4.79 Å². The van der Waals surface area contributed by atoms with E-state index in [1.807, 2.05) is 6.92 Å². The number of hydrogen-bond donors (Lipinski definition) is 1. The molecule has 0 radical (unpaired) electrons. The lowest BCUT2D eigenvalue weighted by molar-refractivity contribution is -0.129. The second-order valence-corrected chi connectivity index (χ2v) is 4.33. The lowest BCUT2D eigenvalue weighted by atomic mass is 10.1. The summed E-state index contributed by atoms with van der Waals surface area (Å²) in [4.78, 5) is 24.8. The van der Waals surface area contributed by atoms with Crippen molar-refractivity contribution in [3.8, 4) is 5.75 Å². The van der Waals surface area contributed by atoms with E-state index in [9.17, 15) is 9.59 Å². The van der Waals surface area contributed by atoms with Gasteiger partial charge in [0.25, 0.3) is 0 Å². The van der Waals surface area contributed by atoms with Crippen LogP contribution in [0.15, 0.2) is 18.2 Å². The van der Waals surface area contributed by atoms with E-state index in [2.05, 4.69) is 0 Å². The zero-order chi connectivity index (χ0) is 15.1. The molecule has 0 aliphatic carbocycles. The number of anilines is 1. The molecule has 2 N–H and O–H groups in total. The van der Waals surface area contributed by atoms with Crippen molar-refractivity contribution in [3.63, 3.8) is 0 Å². The minimum absolute atomic E-state index is 0.00967. The third-order valence-corrected chi connectivity index (χ3v) is 2.61. The minimum Gasteiger partial charge on any atom is -0.493 e. The van der Waals surface area contributed by atoms with E-state index in [0.717, 1.165) is 0 Å². The summed E-state index contributed by atoms with van der Waals surface area (Å²) in [5, 5.41) is 0. The van der Waals surface area contributed by atoms with Crippen LogP contribution in [0.4, 0.5) is 5.69 Å². The van der Waals surface area contributed by atoms with Crippen LogP contribution in [0.2, 0.25) is 0 Å². The minimum atomic E-state index is -0.585. The van der Waals surface area contributed by atoms with E-state index in [-0.39, 0.29) is 24.5 Å². The van der Waals surface area contributed by atoms with Crippen LogP contribution in [0.3, 0.4) is 0 Å². The smallest absolute Gasteiger partial charge is 0.344 e. The van der Waals surface area contributed by atoms with Gasteiger partial charge >= 0.3 is 5.97 Å². The first-order valence-corrected chi connectivity index (χ1v) is 6.36. The molecule has 0 atom stereocenters. The van der Waals surface area contributed by atoms with E-state index in [0.29, 0.717) is 18.0 Å². The van der Waals surface area contributed by atoms with Crippen LogP contribution >= 0.6 is 0 Å². The molecule has 0 saturated carbocycles. The van der Waals surface area contributed by atoms with Gasteiger partial charge in [0.1, 0.15) is 17.9 Å². The first kappa shape index (κ1) is 15.8. The highest BCUT2D eigenvalue weighted by Gasteiger charge is 2.18. The van der Waals surface area contributed by atoms with E-state index in [1.54, 1.807) is 32.3 Å². The van der Waals surface area contributed by atoms with Crippen LogP contribution in [0.5, 0.6) is 5.75 Å². The molecule has 0 heterocycles. The third kappa shape index (κ3) is 4.15. The fourth-order valence-electron chi connectivity index (χ4n) is 1.57. The Morgan fingerprint density at radius 1 is 1.30 bits per heavy atom. The van der Waals surface area contributed by atoms with Gasteiger partial charge in [0.15, 0.2) is 0 Å². The van der Waals surface area contributed by atoms with Gasteiger partial charge in [0.05, 0.1) is 13.0 Å². The number of carbonyl (C=O) groups is 2. The predicted octanol–water partition coefficient (Wildman–Crippen LogP) is 1.30. The van der Waals surface area contributed by atoms with E-state index in [4.69, 9.17) is 15.2 Å². The number of carbonyl (C=O) groups excluding carboxylic acids is 2. The predicted molar refractivity (Wildman–Crippen MR) is 75.6 cm³/mol. The zero-order valence-corrected chi connectivity index (χ0v) is 12.0. The number of esters is 1. The van der Waals surface area contributed by atoms with Gasteiger partial charge in [-0.1, -0.05) is 6.07 Å². The van der Waals surface area contributed by atoms with E-state index < -0.39 is 5.97 Å². The summed E-state index contributed by atoms with van der Waals surface area (Å²) in [5.41, 5.74) is 6.27. The summed E-state index contributed by atoms with van der Waals surface area (Å²) in [5.74, 6) is -0.307. The van der Waals surface area contributed by atoms with Crippen molar-refractivity contribution in [1.82, 2.24) is 4.90 Å². The van der Waals surface area contributed by atoms with Gasteiger partial charge in [-0.05, 0) is 19.1 Å². The first-order chi connectivity index (χ1) is 9.47. The van der Waals surface area contributed by atoms with Crippen molar-refractivity contribution >= 4 is 17.6 Å². The topological polar surface area (TPSA) is 81.9 Å². The van der Waals surface area contributed by atoms with Gasteiger partial charge in [0, 0.05) is 19.8 Å². The molecule has 1 rings (SSSR count). The molecule has 1 amide bonds. The van der Waals surface area contributed by atoms with Gasteiger partial charge in [-0.3, -0.25) is 4.79 Å². The number of nitrogen functional groups attached to an aromatic ring is 1. The summed E-state index contributed by atoms with van der Waals surface area (Å²) in [6.45, 7) is 2.24. The van der Waals surface area contributed by atoms with Crippen molar-refractivity contribution in [1.29, 1.82) is 0 Å². The maximum absolute atomic E-state index is 12.0. The Labute approximate surface area is 118 Å². The van der Waals surface area contributed by atoms with Gasteiger partial charge < -0.3 is 20.1 Å². The maximum atomic E-state index is 12.0. The molecule has 110 valence electrons. The molecule has 0 fully saturated rings. The van der Waals surface area contributed by atoms with Crippen LogP contribution in [-0.2, 0) is 9.53 Å². The Balaban J connectivity index is 2.70. The number of rotatable bonds is 6. The number of ether oxygens (including phenoxy) is 2. The molecule has 0 aliphatic heterocycles.